The number of hydrogen-bond donors (Lipinski definition) is 1. The number of hydrogen-bond acceptors (Lipinski definition) is 3. The molecule has 0 bridgehead atoms. The van der Waals surface area contributed by atoms with Crippen molar-refractivity contribution in [3.8, 4) is 0 Å². The van der Waals surface area contributed by atoms with Crippen molar-refractivity contribution in [3.63, 3.8) is 0 Å². The van der Waals surface area contributed by atoms with Gasteiger partial charge in [0.05, 0.1) is 5.02 Å². The van der Waals surface area contributed by atoms with Gasteiger partial charge in [-0.3, -0.25) is 4.90 Å². The Hall–Kier alpha value is -0.0900. The molecule has 2 nitrogen and oxygen atoms in total. The first-order valence-corrected chi connectivity index (χ1v) is 7.19. The third-order valence-electron chi connectivity index (χ3n) is 3.28. The van der Waals surface area contributed by atoms with Gasteiger partial charge in [0.25, 0.3) is 0 Å². The van der Waals surface area contributed by atoms with E-state index in [4.69, 9.17) is 17.3 Å². The fraction of sp³-hybridized carbons (Fsp3) is 0.667. The molecule has 16 heavy (non-hydrogen) atoms. The molecule has 4 heteroatoms. The molecule has 0 atom stereocenters. The number of nitrogens with zero attached hydrogens (tertiary/aromatic N) is 1. The van der Waals surface area contributed by atoms with Crippen LogP contribution in [0, 0.1) is 5.92 Å². The summed E-state index contributed by atoms with van der Waals surface area (Å²) in [5, 5.41) is 2.89. The minimum atomic E-state index is 0.838. The Kier molecular flexibility index (Phi) is 4.65. The molecule has 0 unspecified atom stereocenters. The van der Waals surface area contributed by atoms with Gasteiger partial charge in [0.1, 0.15) is 0 Å². The van der Waals surface area contributed by atoms with Crippen molar-refractivity contribution in [3.05, 3.63) is 21.3 Å². The van der Waals surface area contributed by atoms with Crippen molar-refractivity contribution in [1.82, 2.24) is 4.90 Å². The van der Waals surface area contributed by atoms with Crippen LogP contribution >= 0.6 is 22.9 Å². The monoisotopic (exact) mass is 258 g/mol. The van der Waals surface area contributed by atoms with Gasteiger partial charge in [-0.2, -0.15) is 0 Å². The second-order valence-corrected chi connectivity index (χ2v) is 5.96. The van der Waals surface area contributed by atoms with Crippen molar-refractivity contribution < 1.29 is 0 Å². The molecule has 1 aliphatic heterocycles. The van der Waals surface area contributed by atoms with Gasteiger partial charge in [-0.15, -0.1) is 11.3 Å². The number of rotatable bonds is 4. The van der Waals surface area contributed by atoms with E-state index < -0.39 is 0 Å². The first-order valence-electron chi connectivity index (χ1n) is 5.93. The smallest absolute Gasteiger partial charge is 0.0516 e. The summed E-state index contributed by atoms with van der Waals surface area (Å²) in [6, 6.07) is 2.08. The quantitative estimate of drug-likeness (QED) is 0.900. The fourth-order valence-corrected chi connectivity index (χ4v) is 3.44. The largest absolute Gasteiger partial charge is 0.330 e. The van der Waals surface area contributed by atoms with Crippen LogP contribution in [0.5, 0.6) is 0 Å². The van der Waals surface area contributed by atoms with Crippen LogP contribution in [0.3, 0.4) is 0 Å². The van der Waals surface area contributed by atoms with E-state index in [0.29, 0.717) is 0 Å². The number of likely N-dealkylation sites (tertiary alicyclic amines) is 1. The van der Waals surface area contributed by atoms with E-state index in [2.05, 4.69) is 11.0 Å². The topological polar surface area (TPSA) is 29.3 Å². The average molecular weight is 259 g/mol. The summed E-state index contributed by atoms with van der Waals surface area (Å²) in [7, 11) is 0. The molecule has 0 saturated carbocycles. The molecule has 0 amide bonds. The van der Waals surface area contributed by atoms with Gasteiger partial charge in [-0.05, 0) is 50.9 Å². The Morgan fingerprint density at radius 1 is 1.44 bits per heavy atom. The SMILES string of the molecule is NCCC1CCN(Cc2cc(Cl)cs2)CC1. The molecule has 1 aliphatic rings. The highest BCUT2D eigenvalue weighted by Crippen LogP contribution is 2.24. The first kappa shape index (κ1) is 12.4. The highest BCUT2D eigenvalue weighted by atomic mass is 35.5. The zero-order valence-electron chi connectivity index (χ0n) is 9.49. The van der Waals surface area contributed by atoms with Crippen LogP contribution in [0.4, 0.5) is 0 Å². The molecule has 1 aromatic rings. The summed E-state index contributed by atoms with van der Waals surface area (Å²) in [6.45, 7) is 4.32. The van der Waals surface area contributed by atoms with Gasteiger partial charge in [0, 0.05) is 16.8 Å². The number of nitrogens with two attached hydrogens (primary N) is 1. The highest BCUT2D eigenvalue weighted by Gasteiger charge is 2.18. The molecule has 2 N–H and O–H groups in total. The third-order valence-corrected chi connectivity index (χ3v) is 4.55. The zero-order valence-corrected chi connectivity index (χ0v) is 11.1. The van der Waals surface area contributed by atoms with E-state index in [1.165, 1.54) is 37.2 Å². The van der Waals surface area contributed by atoms with Crippen LogP contribution in [-0.2, 0) is 6.54 Å². The molecule has 2 heterocycles. The highest BCUT2D eigenvalue weighted by molar-refractivity contribution is 7.10. The Balaban J connectivity index is 1.77. The van der Waals surface area contributed by atoms with Gasteiger partial charge < -0.3 is 5.73 Å². The summed E-state index contributed by atoms with van der Waals surface area (Å²) < 4.78 is 0. The predicted octanol–water partition coefficient (Wildman–Crippen LogP) is 2.96. The maximum absolute atomic E-state index is 5.92. The minimum Gasteiger partial charge on any atom is -0.330 e. The lowest BCUT2D eigenvalue weighted by atomic mass is 9.94. The lowest BCUT2D eigenvalue weighted by Crippen LogP contribution is -2.33. The lowest BCUT2D eigenvalue weighted by Gasteiger charge is -2.31. The van der Waals surface area contributed by atoms with Crippen molar-refractivity contribution >= 4 is 22.9 Å². The number of thiophene rings is 1. The molecule has 1 saturated heterocycles. The van der Waals surface area contributed by atoms with Gasteiger partial charge in [-0.1, -0.05) is 11.6 Å². The van der Waals surface area contributed by atoms with Crippen LogP contribution in [-0.4, -0.2) is 24.5 Å². The maximum Gasteiger partial charge on any atom is 0.0516 e. The second kappa shape index (κ2) is 6.01. The third kappa shape index (κ3) is 3.45. The standard InChI is InChI=1S/C12H19ClN2S/c13-11-7-12(16-9-11)8-15-5-2-10(1-4-14)3-6-15/h7,9-10H,1-6,8,14H2. The fourth-order valence-electron chi connectivity index (χ4n) is 2.33. The minimum absolute atomic E-state index is 0.838. The van der Waals surface area contributed by atoms with Crippen LogP contribution < -0.4 is 5.73 Å². The average Bonchev–Trinajstić information content (AvgIpc) is 2.67. The van der Waals surface area contributed by atoms with Gasteiger partial charge in [0.2, 0.25) is 0 Å². The zero-order chi connectivity index (χ0) is 11.4. The van der Waals surface area contributed by atoms with Crippen LogP contribution in [0.1, 0.15) is 24.1 Å². The Labute approximate surface area is 106 Å². The van der Waals surface area contributed by atoms with E-state index in [-0.39, 0.29) is 0 Å². The normalized spacial score (nSPS) is 19.1. The van der Waals surface area contributed by atoms with Gasteiger partial charge in [-0.25, -0.2) is 0 Å². The van der Waals surface area contributed by atoms with Crippen molar-refractivity contribution in [1.29, 1.82) is 0 Å². The Morgan fingerprint density at radius 3 is 2.75 bits per heavy atom. The number of piperidine rings is 1. The van der Waals surface area contributed by atoms with E-state index in [0.717, 1.165) is 24.0 Å². The Bertz CT molecular complexity index is 319. The molecule has 1 fully saturated rings. The van der Waals surface area contributed by atoms with Crippen LogP contribution in [0.2, 0.25) is 5.02 Å². The summed E-state index contributed by atoms with van der Waals surface area (Å²) >= 11 is 7.68. The summed E-state index contributed by atoms with van der Waals surface area (Å²) in [5.74, 6) is 0.855. The lowest BCUT2D eigenvalue weighted by molar-refractivity contribution is 0.175. The molecule has 0 radical (unpaired) electrons. The maximum atomic E-state index is 5.92. The summed E-state index contributed by atoms with van der Waals surface area (Å²) in [6.07, 6.45) is 3.80. The molecule has 1 aromatic heterocycles. The van der Waals surface area contributed by atoms with E-state index in [1.807, 2.05) is 5.38 Å². The molecule has 2 rings (SSSR count). The second-order valence-electron chi connectivity index (χ2n) is 4.53. The summed E-state index contributed by atoms with van der Waals surface area (Å²) in [4.78, 5) is 3.90. The van der Waals surface area contributed by atoms with Crippen molar-refractivity contribution in [2.24, 2.45) is 11.7 Å². The summed E-state index contributed by atoms with van der Waals surface area (Å²) in [5.41, 5.74) is 5.59. The van der Waals surface area contributed by atoms with Crippen LogP contribution in [0.25, 0.3) is 0 Å². The molecule has 0 spiro atoms. The van der Waals surface area contributed by atoms with Gasteiger partial charge >= 0.3 is 0 Å². The van der Waals surface area contributed by atoms with E-state index in [9.17, 15) is 0 Å². The molecule has 0 aliphatic carbocycles. The van der Waals surface area contributed by atoms with Crippen LogP contribution in [0.15, 0.2) is 11.4 Å². The molecular weight excluding hydrogens is 240 g/mol. The van der Waals surface area contributed by atoms with Crippen molar-refractivity contribution in [2.45, 2.75) is 25.8 Å². The molecule has 90 valence electrons. The molecular formula is C12H19ClN2S. The predicted molar refractivity (Wildman–Crippen MR) is 71.0 cm³/mol. The van der Waals surface area contributed by atoms with Crippen molar-refractivity contribution in [2.75, 3.05) is 19.6 Å². The van der Waals surface area contributed by atoms with E-state index >= 15 is 0 Å². The Morgan fingerprint density at radius 2 is 2.19 bits per heavy atom. The first-order chi connectivity index (χ1) is 7.78. The van der Waals surface area contributed by atoms with Gasteiger partial charge in [0.15, 0.2) is 0 Å². The van der Waals surface area contributed by atoms with E-state index in [1.54, 1.807) is 11.3 Å². The molecule has 0 aromatic carbocycles. The number of halogens is 1.